The summed E-state index contributed by atoms with van der Waals surface area (Å²) in [7, 11) is 0. The molecule has 6 heteroatoms. The number of ether oxygens (including phenoxy) is 1. The molecule has 1 aromatic rings. The van der Waals surface area contributed by atoms with Crippen LogP contribution >= 0.6 is 0 Å². The molecule has 0 amide bonds. The summed E-state index contributed by atoms with van der Waals surface area (Å²) in [5.74, 6) is -6.79. The molecule has 0 unspecified atom stereocenters. The second-order valence-corrected chi connectivity index (χ2v) is 6.26. The summed E-state index contributed by atoms with van der Waals surface area (Å²) in [5, 5.41) is 0. The van der Waals surface area contributed by atoms with E-state index in [1.54, 1.807) is 0 Å². The number of hydrogen-bond donors (Lipinski definition) is 0. The zero-order chi connectivity index (χ0) is 16.8. The van der Waals surface area contributed by atoms with Crippen molar-refractivity contribution in [3.8, 4) is 0 Å². The van der Waals surface area contributed by atoms with Gasteiger partial charge in [-0.05, 0) is 17.8 Å². The predicted octanol–water partition coefficient (Wildman–Crippen LogP) is 4.14. The van der Waals surface area contributed by atoms with Gasteiger partial charge in [-0.25, -0.2) is 17.6 Å². The van der Waals surface area contributed by atoms with Crippen LogP contribution in [0.1, 0.15) is 38.8 Å². The quantitative estimate of drug-likeness (QED) is 0.474. The third kappa shape index (κ3) is 2.48. The minimum absolute atomic E-state index is 0.0885. The zero-order valence-electron chi connectivity index (χ0n) is 12.9. The van der Waals surface area contributed by atoms with Gasteiger partial charge in [-0.15, -0.1) is 0 Å². The smallest absolute Gasteiger partial charge is 0.310 e. The Hall–Kier alpha value is -1.59. The number of benzene rings is 1. The molecule has 1 aliphatic carbocycles. The van der Waals surface area contributed by atoms with Crippen LogP contribution in [0.5, 0.6) is 0 Å². The summed E-state index contributed by atoms with van der Waals surface area (Å²) in [4.78, 5) is 11.9. The molecule has 22 heavy (non-hydrogen) atoms. The molecule has 0 spiro atoms. The standard InChI is InChI=1S/C16H18F4O2/c1-5-8-11(17)13(19)9(14(20)12(8)18)6-22-15(21)10-7(2)16(10,3)4/h7,10H,5-6H2,1-4H3/t7-,10+/m1/s1. The monoisotopic (exact) mass is 318 g/mol. The van der Waals surface area contributed by atoms with Crippen LogP contribution in [0.25, 0.3) is 0 Å². The van der Waals surface area contributed by atoms with E-state index >= 15 is 0 Å². The highest BCUT2D eigenvalue weighted by Gasteiger charge is 2.59. The van der Waals surface area contributed by atoms with Crippen molar-refractivity contribution in [1.29, 1.82) is 0 Å². The first-order valence-electron chi connectivity index (χ1n) is 7.14. The SMILES string of the molecule is CCc1c(F)c(F)c(COC(=O)[C@@H]2[C@@H](C)C2(C)C)c(F)c1F. The Labute approximate surface area is 126 Å². The van der Waals surface area contributed by atoms with Crippen molar-refractivity contribution in [2.45, 2.75) is 40.7 Å². The lowest BCUT2D eigenvalue weighted by molar-refractivity contribution is -0.147. The molecular weight excluding hydrogens is 300 g/mol. The Morgan fingerprint density at radius 1 is 1.05 bits per heavy atom. The molecule has 0 aromatic heterocycles. The molecule has 122 valence electrons. The molecular formula is C16H18F4O2. The van der Waals surface area contributed by atoms with Gasteiger partial charge in [0.2, 0.25) is 0 Å². The van der Waals surface area contributed by atoms with Crippen LogP contribution in [0, 0.1) is 40.5 Å². The van der Waals surface area contributed by atoms with Crippen molar-refractivity contribution >= 4 is 5.97 Å². The Balaban J connectivity index is 2.19. The molecule has 0 radical (unpaired) electrons. The number of hydrogen-bond acceptors (Lipinski definition) is 2. The third-order valence-corrected chi connectivity index (χ3v) is 4.78. The molecule has 1 fully saturated rings. The van der Waals surface area contributed by atoms with Crippen molar-refractivity contribution in [3.63, 3.8) is 0 Å². The third-order valence-electron chi connectivity index (χ3n) is 4.78. The minimum Gasteiger partial charge on any atom is -0.460 e. The molecule has 1 aromatic carbocycles. The van der Waals surface area contributed by atoms with E-state index in [2.05, 4.69) is 0 Å². The van der Waals surface area contributed by atoms with Crippen LogP contribution in [-0.2, 0) is 22.6 Å². The topological polar surface area (TPSA) is 26.3 Å². The van der Waals surface area contributed by atoms with Gasteiger partial charge in [-0.2, -0.15) is 0 Å². The van der Waals surface area contributed by atoms with E-state index in [1.165, 1.54) is 6.92 Å². The van der Waals surface area contributed by atoms with Gasteiger partial charge in [0, 0.05) is 5.56 Å². The summed E-state index contributed by atoms with van der Waals surface area (Å²) in [6.45, 7) is 6.17. The van der Waals surface area contributed by atoms with Crippen LogP contribution < -0.4 is 0 Å². The van der Waals surface area contributed by atoms with Crippen LogP contribution in [0.2, 0.25) is 0 Å². The van der Waals surface area contributed by atoms with E-state index in [0.29, 0.717) is 0 Å². The Morgan fingerprint density at radius 3 is 1.82 bits per heavy atom. The summed E-state index contributed by atoms with van der Waals surface area (Å²) in [6, 6.07) is 0. The highest BCUT2D eigenvalue weighted by atomic mass is 19.2. The Bertz CT molecular complexity index is 596. The summed E-state index contributed by atoms with van der Waals surface area (Å²) in [6.07, 6.45) is -0.181. The van der Waals surface area contributed by atoms with Gasteiger partial charge in [0.15, 0.2) is 23.3 Å². The lowest BCUT2D eigenvalue weighted by Crippen LogP contribution is -2.14. The Morgan fingerprint density at radius 2 is 1.45 bits per heavy atom. The van der Waals surface area contributed by atoms with Crippen molar-refractivity contribution in [2.75, 3.05) is 0 Å². The minimum atomic E-state index is -1.51. The maximum Gasteiger partial charge on any atom is 0.310 e. The molecule has 2 rings (SSSR count). The lowest BCUT2D eigenvalue weighted by Gasteiger charge is -2.12. The first-order chi connectivity index (χ1) is 10.1. The molecule has 1 aliphatic rings. The molecule has 0 aliphatic heterocycles. The maximum atomic E-state index is 13.8. The van der Waals surface area contributed by atoms with E-state index in [4.69, 9.17) is 4.74 Å². The van der Waals surface area contributed by atoms with E-state index in [-0.39, 0.29) is 23.7 Å². The number of esters is 1. The largest absolute Gasteiger partial charge is 0.460 e. The van der Waals surface area contributed by atoms with Crippen molar-refractivity contribution in [1.82, 2.24) is 0 Å². The van der Waals surface area contributed by atoms with Gasteiger partial charge in [-0.1, -0.05) is 27.7 Å². The second kappa shape index (κ2) is 5.56. The highest BCUT2D eigenvalue weighted by Crippen LogP contribution is 2.58. The van der Waals surface area contributed by atoms with Crippen LogP contribution in [0.4, 0.5) is 17.6 Å². The second-order valence-electron chi connectivity index (χ2n) is 6.26. The number of carbonyl (C=O) groups excluding carboxylic acids is 1. The van der Waals surface area contributed by atoms with Gasteiger partial charge in [0.25, 0.3) is 0 Å². The van der Waals surface area contributed by atoms with Gasteiger partial charge in [0.1, 0.15) is 6.61 Å². The van der Waals surface area contributed by atoms with Crippen molar-refractivity contribution < 1.29 is 27.1 Å². The van der Waals surface area contributed by atoms with Gasteiger partial charge in [-0.3, -0.25) is 4.79 Å². The highest BCUT2D eigenvalue weighted by molar-refractivity contribution is 5.77. The van der Waals surface area contributed by atoms with Crippen LogP contribution in [-0.4, -0.2) is 5.97 Å². The lowest BCUT2D eigenvalue weighted by atomic mass is 10.1. The van der Waals surface area contributed by atoms with Gasteiger partial charge < -0.3 is 4.74 Å². The van der Waals surface area contributed by atoms with E-state index in [9.17, 15) is 22.4 Å². The average molecular weight is 318 g/mol. The molecule has 2 atom stereocenters. The molecule has 0 saturated heterocycles. The fourth-order valence-electron chi connectivity index (χ4n) is 2.80. The zero-order valence-corrected chi connectivity index (χ0v) is 12.9. The fourth-order valence-corrected chi connectivity index (χ4v) is 2.80. The summed E-state index contributed by atoms with van der Waals surface area (Å²) < 4.78 is 59.8. The molecule has 0 N–H and O–H groups in total. The average Bonchev–Trinajstić information content (AvgIpc) is 2.95. The van der Waals surface area contributed by atoms with E-state index < -0.39 is 47.0 Å². The first-order valence-corrected chi connectivity index (χ1v) is 7.14. The molecule has 2 nitrogen and oxygen atoms in total. The van der Waals surface area contributed by atoms with Gasteiger partial charge >= 0.3 is 5.97 Å². The van der Waals surface area contributed by atoms with Gasteiger partial charge in [0.05, 0.1) is 11.5 Å². The predicted molar refractivity (Wildman–Crippen MR) is 71.9 cm³/mol. The maximum absolute atomic E-state index is 13.8. The van der Waals surface area contributed by atoms with E-state index in [0.717, 1.165) is 0 Å². The number of carbonyl (C=O) groups is 1. The summed E-state index contributed by atoms with van der Waals surface area (Å²) >= 11 is 0. The number of rotatable bonds is 4. The molecule has 0 heterocycles. The first kappa shape index (κ1) is 16.8. The molecule has 1 saturated carbocycles. The van der Waals surface area contributed by atoms with Crippen LogP contribution in [0.3, 0.4) is 0 Å². The van der Waals surface area contributed by atoms with Crippen LogP contribution in [0.15, 0.2) is 0 Å². The molecule has 0 bridgehead atoms. The number of halogens is 4. The summed E-state index contributed by atoms with van der Waals surface area (Å²) in [5.41, 5.74) is -1.79. The fraction of sp³-hybridized carbons (Fsp3) is 0.562. The van der Waals surface area contributed by atoms with Crippen molar-refractivity contribution in [2.24, 2.45) is 17.3 Å². The van der Waals surface area contributed by atoms with E-state index in [1.807, 2.05) is 20.8 Å². The Kier molecular flexibility index (Phi) is 4.24. The van der Waals surface area contributed by atoms with Crippen molar-refractivity contribution in [3.05, 3.63) is 34.4 Å². The normalized spacial score (nSPS) is 22.5.